The van der Waals surface area contributed by atoms with Crippen molar-refractivity contribution in [2.24, 2.45) is 16.2 Å². The van der Waals surface area contributed by atoms with E-state index in [1.54, 1.807) is 0 Å². The average Bonchev–Trinajstić information content (AvgIpc) is 2.47. The van der Waals surface area contributed by atoms with E-state index in [0.29, 0.717) is 6.42 Å². The van der Waals surface area contributed by atoms with Gasteiger partial charge in [-0.3, -0.25) is 4.79 Å². The van der Waals surface area contributed by atoms with Gasteiger partial charge in [-0.15, -0.1) is 0 Å². The fraction of sp³-hybridized carbons (Fsp3) is 0.923. The SMILES string of the molecule is COC(=O)C[C@@]12CC[C@@](C)([C@@H](O)C1)C2(C)C. The molecule has 0 aromatic rings. The fourth-order valence-corrected chi connectivity index (χ4v) is 4.00. The molecule has 1 N–H and O–H groups in total. The van der Waals surface area contributed by atoms with Gasteiger partial charge in [0, 0.05) is 0 Å². The molecule has 16 heavy (non-hydrogen) atoms. The number of ether oxygens (including phenoxy) is 1. The van der Waals surface area contributed by atoms with E-state index in [1.165, 1.54) is 7.11 Å². The van der Waals surface area contributed by atoms with Gasteiger partial charge >= 0.3 is 5.97 Å². The molecule has 3 nitrogen and oxygen atoms in total. The topological polar surface area (TPSA) is 46.5 Å². The number of carbonyl (C=O) groups is 1. The monoisotopic (exact) mass is 226 g/mol. The highest BCUT2D eigenvalue weighted by Crippen LogP contribution is 2.73. The summed E-state index contributed by atoms with van der Waals surface area (Å²) >= 11 is 0. The lowest BCUT2D eigenvalue weighted by Crippen LogP contribution is -2.37. The molecule has 0 aliphatic heterocycles. The first-order valence-corrected chi connectivity index (χ1v) is 6.04. The average molecular weight is 226 g/mol. The van der Waals surface area contributed by atoms with Crippen molar-refractivity contribution in [2.75, 3.05) is 7.11 Å². The highest BCUT2D eigenvalue weighted by Gasteiger charge is 2.69. The number of rotatable bonds is 2. The minimum absolute atomic E-state index is 0.00755. The smallest absolute Gasteiger partial charge is 0.306 e. The van der Waals surface area contributed by atoms with Gasteiger partial charge in [0.05, 0.1) is 19.6 Å². The van der Waals surface area contributed by atoms with Crippen LogP contribution in [0, 0.1) is 16.2 Å². The molecule has 0 radical (unpaired) electrons. The molecular formula is C13H22O3. The molecule has 3 atom stereocenters. The normalized spacial score (nSPS) is 44.7. The van der Waals surface area contributed by atoms with Crippen LogP contribution in [-0.4, -0.2) is 24.3 Å². The summed E-state index contributed by atoms with van der Waals surface area (Å²) in [4.78, 5) is 11.5. The number of fused-ring (bicyclic) bond motifs is 2. The van der Waals surface area contributed by atoms with Crippen LogP contribution in [0.15, 0.2) is 0 Å². The quantitative estimate of drug-likeness (QED) is 0.734. The van der Waals surface area contributed by atoms with E-state index in [4.69, 9.17) is 4.74 Å². The van der Waals surface area contributed by atoms with Crippen LogP contribution in [0.5, 0.6) is 0 Å². The first-order valence-electron chi connectivity index (χ1n) is 6.04. The Hall–Kier alpha value is -0.570. The second kappa shape index (κ2) is 3.22. The van der Waals surface area contributed by atoms with Crippen molar-refractivity contribution in [3.05, 3.63) is 0 Å². The molecule has 2 aliphatic rings. The minimum Gasteiger partial charge on any atom is -0.469 e. The highest BCUT2D eigenvalue weighted by atomic mass is 16.5. The van der Waals surface area contributed by atoms with E-state index in [0.717, 1.165) is 19.3 Å². The fourth-order valence-electron chi connectivity index (χ4n) is 4.00. The summed E-state index contributed by atoms with van der Waals surface area (Å²) in [6.07, 6.45) is 2.95. The van der Waals surface area contributed by atoms with Crippen molar-refractivity contribution >= 4 is 5.97 Å². The largest absolute Gasteiger partial charge is 0.469 e. The van der Waals surface area contributed by atoms with Crippen LogP contribution in [0.1, 0.15) is 46.5 Å². The van der Waals surface area contributed by atoms with Crippen LogP contribution in [-0.2, 0) is 9.53 Å². The molecule has 2 bridgehead atoms. The van der Waals surface area contributed by atoms with Gasteiger partial charge < -0.3 is 9.84 Å². The lowest BCUT2D eigenvalue weighted by atomic mass is 9.64. The number of hydrogen-bond acceptors (Lipinski definition) is 3. The summed E-state index contributed by atoms with van der Waals surface area (Å²) in [6, 6.07) is 0. The van der Waals surface area contributed by atoms with E-state index in [2.05, 4.69) is 20.8 Å². The number of methoxy groups -OCH3 is 1. The molecule has 0 aromatic heterocycles. The van der Waals surface area contributed by atoms with Gasteiger partial charge in [0.15, 0.2) is 0 Å². The van der Waals surface area contributed by atoms with Crippen molar-refractivity contribution in [2.45, 2.75) is 52.6 Å². The summed E-state index contributed by atoms with van der Waals surface area (Å²) in [5.74, 6) is -0.147. The molecule has 2 saturated carbocycles. The summed E-state index contributed by atoms with van der Waals surface area (Å²) in [5, 5.41) is 10.2. The third kappa shape index (κ3) is 1.15. The minimum atomic E-state index is -0.277. The van der Waals surface area contributed by atoms with Crippen LogP contribution in [0.2, 0.25) is 0 Å². The van der Waals surface area contributed by atoms with Crippen molar-refractivity contribution in [1.29, 1.82) is 0 Å². The third-order valence-electron chi connectivity index (χ3n) is 5.91. The maximum atomic E-state index is 11.5. The molecule has 2 aliphatic carbocycles. The van der Waals surface area contributed by atoms with Crippen LogP contribution in [0.4, 0.5) is 0 Å². The first-order chi connectivity index (χ1) is 7.29. The zero-order valence-electron chi connectivity index (χ0n) is 10.7. The number of aliphatic hydroxyl groups excluding tert-OH is 1. The van der Waals surface area contributed by atoms with Gasteiger partial charge in [-0.25, -0.2) is 0 Å². The van der Waals surface area contributed by atoms with Gasteiger partial charge in [-0.05, 0) is 35.5 Å². The van der Waals surface area contributed by atoms with Crippen molar-refractivity contribution in [1.82, 2.24) is 0 Å². The molecule has 0 unspecified atom stereocenters. The van der Waals surface area contributed by atoms with E-state index < -0.39 is 0 Å². The van der Waals surface area contributed by atoms with Crippen LogP contribution in [0.3, 0.4) is 0 Å². The Kier molecular flexibility index (Phi) is 2.40. The first kappa shape index (κ1) is 11.9. The zero-order valence-corrected chi connectivity index (χ0v) is 10.7. The molecule has 0 saturated heterocycles. The van der Waals surface area contributed by atoms with Gasteiger partial charge in [0.2, 0.25) is 0 Å². The predicted molar refractivity (Wildman–Crippen MR) is 60.8 cm³/mol. The molecule has 0 heterocycles. The van der Waals surface area contributed by atoms with E-state index in [1.807, 2.05) is 0 Å². The standard InChI is InChI=1S/C13H22O3/c1-11(2)12(3)5-6-13(11,7-9(12)14)8-10(15)16-4/h9,14H,5-8H2,1-4H3/t9-,12-,13+/m0/s1. The van der Waals surface area contributed by atoms with E-state index in [9.17, 15) is 9.90 Å². The Morgan fingerprint density at radius 2 is 2.00 bits per heavy atom. The lowest BCUT2D eigenvalue weighted by molar-refractivity contribution is -0.145. The number of carbonyl (C=O) groups excluding carboxylic acids is 1. The summed E-state index contributed by atoms with van der Waals surface area (Å²) in [5.41, 5.74) is -0.0944. The maximum Gasteiger partial charge on any atom is 0.306 e. The Morgan fingerprint density at radius 1 is 1.38 bits per heavy atom. The number of hydrogen-bond donors (Lipinski definition) is 1. The predicted octanol–water partition coefficient (Wildman–Crippen LogP) is 2.13. The Morgan fingerprint density at radius 3 is 2.38 bits per heavy atom. The molecule has 92 valence electrons. The second-order valence-corrected chi connectivity index (χ2v) is 6.30. The van der Waals surface area contributed by atoms with Gasteiger partial charge in [0.1, 0.15) is 0 Å². The maximum absolute atomic E-state index is 11.5. The van der Waals surface area contributed by atoms with E-state index in [-0.39, 0.29) is 28.3 Å². The Labute approximate surface area is 97.2 Å². The Balaban J connectivity index is 2.33. The van der Waals surface area contributed by atoms with Gasteiger partial charge in [-0.1, -0.05) is 20.8 Å². The van der Waals surface area contributed by atoms with Crippen molar-refractivity contribution in [3.63, 3.8) is 0 Å². The molecule has 0 aromatic carbocycles. The summed E-state index contributed by atoms with van der Waals surface area (Å²) in [6.45, 7) is 6.54. The number of aliphatic hydroxyl groups is 1. The number of esters is 1. The third-order valence-corrected chi connectivity index (χ3v) is 5.91. The Bertz CT molecular complexity index is 323. The van der Waals surface area contributed by atoms with Crippen LogP contribution < -0.4 is 0 Å². The van der Waals surface area contributed by atoms with Crippen LogP contribution in [0.25, 0.3) is 0 Å². The van der Waals surface area contributed by atoms with Crippen molar-refractivity contribution in [3.8, 4) is 0 Å². The lowest BCUT2D eigenvalue weighted by Gasteiger charge is -2.40. The zero-order chi connectivity index (χ0) is 12.2. The van der Waals surface area contributed by atoms with Gasteiger partial charge in [-0.2, -0.15) is 0 Å². The molecule has 3 heteroatoms. The summed E-state index contributed by atoms with van der Waals surface area (Å²) in [7, 11) is 1.44. The van der Waals surface area contributed by atoms with Crippen LogP contribution >= 0.6 is 0 Å². The highest BCUT2D eigenvalue weighted by molar-refractivity contribution is 5.70. The molecule has 2 fully saturated rings. The molecule has 2 rings (SSSR count). The second-order valence-electron chi connectivity index (χ2n) is 6.30. The molecular weight excluding hydrogens is 204 g/mol. The molecule has 0 spiro atoms. The molecule has 0 amide bonds. The van der Waals surface area contributed by atoms with E-state index >= 15 is 0 Å². The van der Waals surface area contributed by atoms with Gasteiger partial charge in [0.25, 0.3) is 0 Å². The summed E-state index contributed by atoms with van der Waals surface area (Å²) < 4.78 is 4.80. The van der Waals surface area contributed by atoms with Crippen molar-refractivity contribution < 1.29 is 14.6 Å².